The number of piperazine rings is 1. The number of nitrogens with zero attached hydrogens (tertiary/aromatic N) is 6. The summed E-state index contributed by atoms with van der Waals surface area (Å²) < 4.78 is 2.01. The SMILES string of the molecule is O=C(c1ccc(Cn2ccnc2)cc1)N1CCN(c2nc3cccnc3s2)CC1. The summed E-state index contributed by atoms with van der Waals surface area (Å²) in [5.41, 5.74) is 2.81. The topological polar surface area (TPSA) is 67.2 Å². The highest BCUT2D eigenvalue weighted by atomic mass is 32.1. The van der Waals surface area contributed by atoms with E-state index in [-0.39, 0.29) is 5.91 Å². The lowest BCUT2D eigenvalue weighted by Crippen LogP contribution is -2.48. The van der Waals surface area contributed by atoms with E-state index in [1.165, 1.54) is 0 Å². The van der Waals surface area contributed by atoms with Gasteiger partial charge in [-0.1, -0.05) is 23.5 Å². The molecule has 0 aliphatic carbocycles. The molecule has 4 heterocycles. The zero-order valence-electron chi connectivity index (χ0n) is 15.8. The molecule has 0 radical (unpaired) electrons. The van der Waals surface area contributed by atoms with Gasteiger partial charge >= 0.3 is 0 Å². The maximum Gasteiger partial charge on any atom is 0.253 e. The normalized spacial score (nSPS) is 14.5. The highest BCUT2D eigenvalue weighted by molar-refractivity contribution is 7.21. The van der Waals surface area contributed by atoms with Gasteiger partial charge in [-0.25, -0.2) is 15.0 Å². The molecule has 1 aliphatic rings. The van der Waals surface area contributed by atoms with Crippen LogP contribution in [0.5, 0.6) is 0 Å². The molecule has 29 heavy (non-hydrogen) atoms. The Bertz CT molecular complexity index is 1080. The van der Waals surface area contributed by atoms with Crippen LogP contribution in [-0.4, -0.2) is 56.5 Å². The predicted octanol–water partition coefficient (Wildman–Crippen LogP) is 2.90. The van der Waals surface area contributed by atoms with Gasteiger partial charge in [0.2, 0.25) is 0 Å². The molecule has 4 aromatic rings. The van der Waals surface area contributed by atoms with Crippen molar-refractivity contribution in [1.29, 1.82) is 0 Å². The first kappa shape index (κ1) is 17.8. The third-order valence-electron chi connectivity index (χ3n) is 5.12. The minimum Gasteiger partial charge on any atom is -0.344 e. The summed E-state index contributed by atoms with van der Waals surface area (Å²) in [5, 5.41) is 0.981. The van der Waals surface area contributed by atoms with Crippen LogP contribution in [0.4, 0.5) is 5.13 Å². The zero-order chi connectivity index (χ0) is 19.6. The number of anilines is 1. The van der Waals surface area contributed by atoms with Crippen LogP contribution in [0.3, 0.4) is 0 Å². The Hall–Kier alpha value is -3.26. The van der Waals surface area contributed by atoms with E-state index < -0.39 is 0 Å². The lowest BCUT2D eigenvalue weighted by atomic mass is 10.1. The van der Waals surface area contributed by atoms with Crippen molar-refractivity contribution < 1.29 is 4.79 Å². The molecular formula is C21H20N6OS. The summed E-state index contributed by atoms with van der Waals surface area (Å²) in [7, 11) is 0. The van der Waals surface area contributed by atoms with Crippen molar-refractivity contribution in [1.82, 2.24) is 24.4 Å². The fraction of sp³-hybridized carbons (Fsp3) is 0.238. The summed E-state index contributed by atoms with van der Waals surface area (Å²) in [6.07, 6.45) is 7.28. The van der Waals surface area contributed by atoms with Gasteiger partial charge in [-0.05, 0) is 29.8 Å². The number of pyridine rings is 1. The monoisotopic (exact) mass is 404 g/mol. The van der Waals surface area contributed by atoms with Gasteiger partial charge in [0.25, 0.3) is 5.91 Å². The molecule has 5 rings (SSSR count). The third-order valence-corrected chi connectivity index (χ3v) is 6.16. The average molecular weight is 404 g/mol. The Kier molecular flexibility index (Phi) is 4.69. The molecule has 0 N–H and O–H groups in total. The van der Waals surface area contributed by atoms with Gasteiger partial charge in [-0.15, -0.1) is 0 Å². The van der Waals surface area contributed by atoms with E-state index in [1.807, 2.05) is 52.1 Å². The second-order valence-corrected chi connectivity index (χ2v) is 7.99. The third kappa shape index (κ3) is 3.71. The maximum absolute atomic E-state index is 12.9. The van der Waals surface area contributed by atoms with Gasteiger partial charge < -0.3 is 14.4 Å². The van der Waals surface area contributed by atoms with Crippen LogP contribution in [-0.2, 0) is 6.54 Å². The van der Waals surface area contributed by atoms with Crippen molar-refractivity contribution in [2.75, 3.05) is 31.1 Å². The van der Waals surface area contributed by atoms with Gasteiger partial charge in [0.15, 0.2) is 5.13 Å². The van der Waals surface area contributed by atoms with Gasteiger partial charge in [0, 0.05) is 56.9 Å². The molecule has 7 nitrogen and oxygen atoms in total. The molecule has 146 valence electrons. The van der Waals surface area contributed by atoms with Gasteiger partial charge in [0.1, 0.15) is 10.3 Å². The second-order valence-electron chi connectivity index (χ2n) is 7.04. The van der Waals surface area contributed by atoms with Crippen molar-refractivity contribution in [3.05, 3.63) is 72.4 Å². The fourth-order valence-electron chi connectivity index (χ4n) is 3.52. The van der Waals surface area contributed by atoms with Crippen LogP contribution >= 0.6 is 11.3 Å². The van der Waals surface area contributed by atoms with Crippen LogP contribution in [0.15, 0.2) is 61.3 Å². The lowest BCUT2D eigenvalue weighted by Gasteiger charge is -2.34. The Morgan fingerprint density at radius 3 is 2.59 bits per heavy atom. The van der Waals surface area contributed by atoms with Crippen LogP contribution in [0.1, 0.15) is 15.9 Å². The lowest BCUT2D eigenvalue weighted by molar-refractivity contribution is 0.0747. The molecule has 1 saturated heterocycles. The number of amides is 1. The van der Waals surface area contributed by atoms with Crippen LogP contribution in [0, 0.1) is 0 Å². The Morgan fingerprint density at radius 2 is 1.86 bits per heavy atom. The number of carbonyl (C=O) groups is 1. The zero-order valence-corrected chi connectivity index (χ0v) is 16.6. The van der Waals surface area contributed by atoms with E-state index in [1.54, 1.807) is 30.1 Å². The van der Waals surface area contributed by atoms with Crippen LogP contribution in [0.25, 0.3) is 10.3 Å². The standard InChI is InChI=1S/C21H20N6OS/c28-20(17-5-3-16(4-6-17)14-25-9-8-22-15-25)26-10-12-27(13-11-26)21-24-18-2-1-7-23-19(18)29-21/h1-9,15H,10-14H2. The van der Waals surface area contributed by atoms with Crippen LogP contribution in [0.2, 0.25) is 0 Å². The molecule has 0 atom stereocenters. The number of carbonyl (C=O) groups excluding carboxylic acids is 1. The molecule has 1 fully saturated rings. The number of fused-ring (bicyclic) bond motifs is 1. The number of benzene rings is 1. The summed E-state index contributed by atoms with van der Waals surface area (Å²) in [6.45, 7) is 3.71. The Labute approximate surface area is 172 Å². The number of hydrogen-bond acceptors (Lipinski definition) is 6. The molecular weight excluding hydrogens is 384 g/mol. The summed E-state index contributed by atoms with van der Waals surface area (Å²) in [5.74, 6) is 0.0878. The van der Waals surface area contributed by atoms with Gasteiger partial charge in [-0.3, -0.25) is 4.79 Å². The van der Waals surface area contributed by atoms with Gasteiger partial charge in [0.05, 0.1) is 6.33 Å². The summed E-state index contributed by atoms with van der Waals surface area (Å²) in [6, 6.07) is 11.7. The second kappa shape index (κ2) is 7.63. The first-order valence-corrected chi connectivity index (χ1v) is 10.4. The Morgan fingerprint density at radius 1 is 1.03 bits per heavy atom. The van der Waals surface area contributed by atoms with E-state index in [0.29, 0.717) is 13.1 Å². The van der Waals surface area contributed by atoms with E-state index in [4.69, 9.17) is 0 Å². The smallest absolute Gasteiger partial charge is 0.253 e. The van der Waals surface area contributed by atoms with E-state index in [2.05, 4.69) is 19.9 Å². The van der Waals surface area contributed by atoms with Crippen molar-refractivity contribution in [3.63, 3.8) is 0 Å². The minimum atomic E-state index is 0.0878. The molecule has 0 unspecified atom stereocenters. The molecule has 1 aromatic carbocycles. The number of thiazole rings is 1. The van der Waals surface area contributed by atoms with Crippen LogP contribution < -0.4 is 4.90 Å². The quantitative estimate of drug-likeness (QED) is 0.523. The minimum absolute atomic E-state index is 0.0878. The fourth-order valence-corrected chi connectivity index (χ4v) is 4.48. The molecule has 1 aliphatic heterocycles. The number of rotatable bonds is 4. The summed E-state index contributed by atoms with van der Waals surface area (Å²) >= 11 is 1.61. The molecule has 3 aromatic heterocycles. The molecule has 8 heteroatoms. The van der Waals surface area contributed by atoms with E-state index in [9.17, 15) is 4.79 Å². The maximum atomic E-state index is 12.9. The summed E-state index contributed by atoms with van der Waals surface area (Å²) in [4.78, 5) is 31.1. The number of imidazole rings is 1. The molecule has 0 bridgehead atoms. The highest BCUT2D eigenvalue weighted by Crippen LogP contribution is 2.27. The van der Waals surface area contributed by atoms with Crippen molar-refractivity contribution >= 4 is 32.7 Å². The first-order chi connectivity index (χ1) is 14.3. The van der Waals surface area contributed by atoms with Gasteiger partial charge in [-0.2, -0.15) is 0 Å². The largest absolute Gasteiger partial charge is 0.344 e. The number of hydrogen-bond donors (Lipinski definition) is 0. The molecule has 0 spiro atoms. The van der Waals surface area contributed by atoms with Crippen molar-refractivity contribution in [3.8, 4) is 0 Å². The highest BCUT2D eigenvalue weighted by Gasteiger charge is 2.24. The van der Waals surface area contributed by atoms with E-state index in [0.717, 1.165) is 46.2 Å². The molecule has 1 amide bonds. The van der Waals surface area contributed by atoms with Crippen molar-refractivity contribution in [2.24, 2.45) is 0 Å². The first-order valence-electron chi connectivity index (χ1n) is 9.57. The predicted molar refractivity (Wildman–Crippen MR) is 113 cm³/mol. The average Bonchev–Trinajstić information content (AvgIpc) is 3.43. The van der Waals surface area contributed by atoms with E-state index >= 15 is 0 Å². The van der Waals surface area contributed by atoms with Crippen molar-refractivity contribution in [2.45, 2.75) is 6.54 Å². The Balaban J connectivity index is 1.21. The molecule has 0 saturated carbocycles. The number of aromatic nitrogens is 4.